The number of nitrogens with zero attached hydrogens (tertiary/aromatic N) is 1. The van der Waals surface area contributed by atoms with E-state index >= 15 is 0 Å². The molecule has 3 heteroatoms. The third kappa shape index (κ3) is 5.33. The van der Waals surface area contributed by atoms with E-state index in [0.29, 0.717) is 12.1 Å². The van der Waals surface area contributed by atoms with E-state index in [0.717, 1.165) is 25.3 Å². The van der Waals surface area contributed by atoms with E-state index in [1.54, 1.807) is 7.11 Å². The number of para-hydroxylation sites is 1. The Labute approximate surface area is 130 Å². The predicted molar refractivity (Wildman–Crippen MR) is 91.0 cm³/mol. The molecule has 0 radical (unpaired) electrons. The van der Waals surface area contributed by atoms with E-state index in [1.165, 1.54) is 18.4 Å². The fourth-order valence-corrected chi connectivity index (χ4v) is 2.89. The summed E-state index contributed by atoms with van der Waals surface area (Å²) in [5.74, 6) is 0.976. The molecule has 21 heavy (non-hydrogen) atoms. The van der Waals surface area contributed by atoms with Crippen molar-refractivity contribution in [1.82, 2.24) is 10.2 Å². The van der Waals surface area contributed by atoms with Crippen LogP contribution in [0.25, 0.3) is 0 Å². The standard InChI is InChI=1S/C18H32N2O/c1-6-13-19-17(14-20(4)15(7-2)8-3)16-11-9-10-12-18(16)21-5/h9-12,15,17,19H,6-8,13-14H2,1-5H3. The summed E-state index contributed by atoms with van der Waals surface area (Å²) in [5, 5.41) is 3.67. The summed E-state index contributed by atoms with van der Waals surface area (Å²) in [6.07, 6.45) is 3.53. The van der Waals surface area contributed by atoms with Gasteiger partial charge in [-0.2, -0.15) is 0 Å². The summed E-state index contributed by atoms with van der Waals surface area (Å²) >= 11 is 0. The number of ether oxygens (including phenoxy) is 1. The first-order valence-electron chi connectivity index (χ1n) is 8.24. The van der Waals surface area contributed by atoms with Crippen LogP contribution >= 0.6 is 0 Å². The lowest BCUT2D eigenvalue weighted by Gasteiger charge is -2.31. The van der Waals surface area contributed by atoms with Crippen LogP contribution < -0.4 is 10.1 Å². The Morgan fingerprint density at radius 3 is 2.38 bits per heavy atom. The fourth-order valence-electron chi connectivity index (χ4n) is 2.89. The second-order valence-electron chi connectivity index (χ2n) is 5.66. The number of likely N-dealkylation sites (N-methyl/N-ethyl adjacent to an activating group) is 1. The summed E-state index contributed by atoms with van der Waals surface area (Å²) in [6, 6.07) is 9.30. The Hall–Kier alpha value is -1.06. The molecule has 0 bridgehead atoms. The largest absolute Gasteiger partial charge is 0.496 e. The molecule has 0 spiro atoms. The summed E-state index contributed by atoms with van der Waals surface area (Å²) < 4.78 is 5.54. The van der Waals surface area contributed by atoms with Crippen LogP contribution in [0.3, 0.4) is 0 Å². The molecule has 0 aliphatic carbocycles. The van der Waals surface area contributed by atoms with Gasteiger partial charge in [-0.05, 0) is 38.9 Å². The topological polar surface area (TPSA) is 24.5 Å². The van der Waals surface area contributed by atoms with Crippen molar-refractivity contribution < 1.29 is 4.74 Å². The number of benzene rings is 1. The molecule has 1 aromatic rings. The van der Waals surface area contributed by atoms with E-state index in [1.807, 2.05) is 12.1 Å². The highest BCUT2D eigenvalue weighted by molar-refractivity contribution is 5.36. The number of rotatable bonds is 10. The minimum Gasteiger partial charge on any atom is -0.496 e. The monoisotopic (exact) mass is 292 g/mol. The van der Waals surface area contributed by atoms with Gasteiger partial charge in [-0.3, -0.25) is 0 Å². The molecule has 0 saturated carbocycles. The third-order valence-electron chi connectivity index (χ3n) is 4.19. The summed E-state index contributed by atoms with van der Waals surface area (Å²) in [5.41, 5.74) is 1.26. The molecule has 1 atom stereocenters. The molecule has 1 unspecified atom stereocenters. The van der Waals surface area contributed by atoms with Crippen molar-refractivity contribution in [3.05, 3.63) is 29.8 Å². The zero-order valence-electron chi connectivity index (χ0n) is 14.4. The van der Waals surface area contributed by atoms with E-state index in [9.17, 15) is 0 Å². The first-order valence-corrected chi connectivity index (χ1v) is 8.24. The van der Waals surface area contributed by atoms with E-state index in [2.05, 4.69) is 50.2 Å². The highest BCUT2D eigenvalue weighted by Crippen LogP contribution is 2.26. The van der Waals surface area contributed by atoms with E-state index in [-0.39, 0.29) is 0 Å². The smallest absolute Gasteiger partial charge is 0.123 e. The molecule has 0 amide bonds. The van der Waals surface area contributed by atoms with Gasteiger partial charge in [0.05, 0.1) is 7.11 Å². The lowest BCUT2D eigenvalue weighted by molar-refractivity contribution is 0.204. The number of nitrogens with one attached hydrogen (secondary N) is 1. The lowest BCUT2D eigenvalue weighted by atomic mass is 10.0. The molecule has 1 rings (SSSR count). The van der Waals surface area contributed by atoms with Crippen molar-refractivity contribution in [3.63, 3.8) is 0 Å². The molecule has 120 valence electrons. The maximum Gasteiger partial charge on any atom is 0.123 e. The Morgan fingerprint density at radius 1 is 1.14 bits per heavy atom. The van der Waals surface area contributed by atoms with Gasteiger partial charge in [-0.25, -0.2) is 0 Å². The van der Waals surface area contributed by atoms with Crippen molar-refractivity contribution in [2.24, 2.45) is 0 Å². The first kappa shape index (κ1) is 18.0. The lowest BCUT2D eigenvalue weighted by Crippen LogP contribution is -2.39. The van der Waals surface area contributed by atoms with Gasteiger partial charge in [0, 0.05) is 24.2 Å². The molecular weight excluding hydrogens is 260 g/mol. The van der Waals surface area contributed by atoms with Crippen LogP contribution in [0, 0.1) is 0 Å². The van der Waals surface area contributed by atoms with Crippen molar-refractivity contribution in [2.45, 2.75) is 52.1 Å². The van der Waals surface area contributed by atoms with Gasteiger partial charge < -0.3 is 15.0 Å². The van der Waals surface area contributed by atoms with Gasteiger partial charge in [-0.1, -0.05) is 39.0 Å². The molecule has 1 N–H and O–H groups in total. The Kier molecular flexibility index (Phi) is 8.40. The van der Waals surface area contributed by atoms with Crippen molar-refractivity contribution >= 4 is 0 Å². The van der Waals surface area contributed by atoms with Crippen LogP contribution in [-0.4, -0.2) is 38.2 Å². The highest BCUT2D eigenvalue weighted by atomic mass is 16.5. The van der Waals surface area contributed by atoms with Crippen LogP contribution in [0.4, 0.5) is 0 Å². The quantitative estimate of drug-likeness (QED) is 0.709. The minimum atomic E-state index is 0.312. The SMILES string of the molecule is CCCNC(CN(C)C(CC)CC)c1ccccc1OC. The average Bonchev–Trinajstić information content (AvgIpc) is 2.52. The van der Waals surface area contributed by atoms with Gasteiger partial charge in [0.15, 0.2) is 0 Å². The van der Waals surface area contributed by atoms with Gasteiger partial charge in [0.25, 0.3) is 0 Å². The van der Waals surface area contributed by atoms with Crippen LogP contribution in [0.2, 0.25) is 0 Å². The van der Waals surface area contributed by atoms with Gasteiger partial charge in [-0.15, -0.1) is 0 Å². The van der Waals surface area contributed by atoms with Crippen molar-refractivity contribution in [2.75, 3.05) is 27.2 Å². The Balaban J connectivity index is 2.89. The Morgan fingerprint density at radius 2 is 1.81 bits per heavy atom. The van der Waals surface area contributed by atoms with Crippen LogP contribution in [0.15, 0.2) is 24.3 Å². The molecule has 0 fully saturated rings. The zero-order valence-corrected chi connectivity index (χ0v) is 14.4. The molecule has 0 aliphatic heterocycles. The second-order valence-corrected chi connectivity index (χ2v) is 5.66. The minimum absolute atomic E-state index is 0.312. The molecule has 1 aromatic carbocycles. The highest BCUT2D eigenvalue weighted by Gasteiger charge is 2.20. The summed E-state index contributed by atoms with van der Waals surface area (Å²) in [4.78, 5) is 2.47. The third-order valence-corrected chi connectivity index (χ3v) is 4.19. The molecule has 0 saturated heterocycles. The maximum atomic E-state index is 5.54. The normalized spacial score (nSPS) is 12.9. The van der Waals surface area contributed by atoms with E-state index < -0.39 is 0 Å². The molecule has 3 nitrogen and oxygen atoms in total. The molecular formula is C18H32N2O. The van der Waals surface area contributed by atoms with Crippen molar-refractivity contribution in [3.8, 4) is 5.75 Å². The Bertz CT molecular complexity index is 391. The number of hydrogen-bond donors (Lipinski definition) is 1. The maximum absolute atomic E-state index is 5.54. The van der Waals surface area contributed by atoms with Crippen LogP contribution in [0.1, 0.15) is 51.6 Å². The molecule has 0 aromatic heterocycles. The first-order chi connectivity index (χ1) is 10.2. The predicted octanol–water partition coefficient (Wildman–Crippen LogP) is 3.86. The molecule has 0 aliphatic rings. The van der Waals surface area contributed by atoms with Crippen LogP contribution in [0.5, 0.6) is 5.75 Å². The summed E-state index contributed by atoms with van der Waals surface area (Å²) in [7, 11) is 3.98. The van der Waals surface area contributed by atoms with Crippen molar-refractivity contribution in [1.29, 1.82) is 0 Å². The van der Waals surface area contributed by atoms with Gasteiger partial charge in [0.1, 0.15) is 5.75 Å². The van der Waals surface area contributed by atoms with Crippen LogP contribution in [-0.2, 0) is 0 Å². The second kappa shape index (κ2) is 9.80. The van der Waals surface area contributed by atoms with Gasteiger partial charge >= 0.3 is 0 Å². The average molecular weight is 292 g/mol. The fraction of sp³-hybridized carbons (Fsp3) is 0.667. The number of hydrogen-bond acceptors (Lipinski definition) is 3. The van der Waals surface area contributed by atoms with E-state index in [4.69, 9.17) is 4.74 Å². The summed E-state index contributed by atoms with van der Waals surface area (Å²) in [6.45, 7) is 8.77. The molecule has 0 heterocycles. The van der Waals surface area contributed by atoms with Gasteiger partial charge in [0.2, 0.25) is 0 Å². The number of methoxy groups -OCH3 is 1. The zero-order chi connectivity index (χ0) is 15.7.